The van der Waals surface area contributed by atoms with Crippen molar-refractivity contribution < 1.29 is 14.6 Å². The monoisotopic (exact) mass is 234 g/mol. The number of carboxylic acid groups (broad SMARTS) is 1. The summed E-state index contributed by atoms with van der Waals surface area (Å²) in [5.74, 6) is -0.0336. The largest absolute Gasteiger partial charge is 0.493 e. The number of ether oxygens (including phenoxy) is 1. The van der Waals surface area contributed by atoms with Crippen LogP contribution in [0.3, 0.4) is 0 Å². The van der Waals surface area contributed by atoms with Crippen LogP contribution in [0.5, 0.6) is 5.75 Å². The highest BCUT2D eigenvalue weighted by Crippen LogP contribution is 2.38. The van der Waals surface area contributed by atoms with Gasteiger partial charge in [-0.3, -0.25) is 4.79 Å². The van der Waals surface area contributed by atoms with E-state index in [-0.39, 0.29) is 0 Å². The molecule has 0 spiro atoms. The molecule has 1 aromatic rings. The molecule has 2 rings (SSSR count). The van der Waals surface area contributed by atoms with Gasteiger partial charge in [0.15, 0.2) is 0 Å². The predicted molar refractivity (Wildman–Crippen MR) is 65.6 cm³/mol. The van der Waals surface area contributed by atoms with Crippen LogP contribution in [-0.2, 0) is 4.79 Å². The Morgan fingerprint density at radius 3 is 2.88 bits per heavy atom. The van der Waals surface area contributed by atoms with E-state index < -0.39 is 11.9 Å². The Bertz CT molecular complexity index is 423. The van der Waals surface area contributed by atoms with Gasteiger partial charge < -0.3 is 9.84 Å². The van der Waals surface area contributed by atoms with Gasteiger partial charge in [-0.15, -0.1) is 0 Å². The molecule has 1 atom stereocenters. The Balaban J connectivity index is 2.52. The van der Waals surface area contributed by atoms with Gasteiger partial charge >= 0.3 is 5.97 Å². The summed E-state index contributed by atoms with van der Waals surface area (Å²) >= 11 is 0. The molecule has 0 aliphatic carbocycles. The average molecular weight is 234 g/mol. The van der Waals surface area contributed by atoms with E-state index in [1.807, 2.05) is 18.2 Å². The molecule has 0 bridgehead atoms. The Hall–Kier alpha value is -1.51. The quantitative estimate of drug-likeness (QED) is 0.855. The number of aliphatic carboxylic acids is 1. The second kappa shape index (κ2) is 4.78. The standard InChI is InChI=1S/C14H18O3/c1-9(2)10-5-3-6-11-12(14(15)16)7-4-8-17-13(10)11/h3,5-6,9,12H,4,7-8H2,1-2H3,(H,15,16). The Kier molecular flexibility index (Phi) is 3.36. The number of rotatable bonds is 2. The number of hydrogen-bond acceptors (Lipinski definition) is 2. The van der Waals surface area contributed by atoms with Crippen molar-refractivity contribution in [1.82, 2.24) is 0 Å². The third kappa shape index (κ3) is 2.28. The van der Waals surface area contributed by atoms with E-state index in [2.05, 4.69) is 13.8 Å². The van der Waals surface area contributed by atoms with Gasteiger partial charge in [0.25, 0.3) is 0 Å². The molecule has 1 N–H and O–H groups in total. The first kappa shape index (κ1) is 12.0. The average Bonchev–Trinajstić information content (AvgIpc) is 2.49. The SMILES string of the molecule is CC(C)c1cccc2c1OCCCC2C(=O)O. The molecule has 17 heavy (non-hydrogen) atoms. The Morgan fingerprint density at radius 1 is 1.47 bits per heavy atom. The van der Waals surface area contributed by atoms with Gasteiger partial charge in [-0.1, -0.05) is 32.0 Å². The highest BCUT2D eigenvalue weighted by atomic mass is 16.5. The Labute approximate surface area is 101 Å². The summed E-state index contributed by atoms with van der Waals surface area (Å²) in [5.41, 5.74) is 1.94. The molecule has 3 nitrogen and oxygen atoms in total. The molecule has 0 aromatic heterocycles. The maximum Gasteiger partial charge on any atom is 0.311 e. The lowest BCUT2D eigenvalue weighted by molar-refractivity contribution is -0.138. The van der Waals surface area contributed by atoms with Crippen LogP contribution in [0, 0.1) is 0 Å². The van der Waals surface area contributed by atoms with Crippen molar-refractivity contribution in [2.75, 3.05) is 6.61 Å². The van der Waals surface area contributed by atoms with Crippen LogP contribution in [0.25, 0.3) is 0 Å². The van der Waals surface area contributed by atoms with E-state index in [1.54, 1.807) is 0 Å². The fourth-order valence-corrected chi connectivity index (χ4v) is 2.34. The maximum absolute atomic E-state index is 11.3. The molecule has 0 fully saturated rings. The molecule has 92 valence electrons. The molecule has 1 aliphatic rings. The fraction of sp³-hybridized carbons (Fsp3) is 0.500. The van der Waals surface area contributed by atoms with Gasteiger partial charge in [0, 0.05) is 5.56 Å². The highest BCUT2D eigenvalue weighted by molar-refractivity contribution is 5.77. The van der Waals surface area contributed by atoms with Crippen molar-refractivity contribution >= 4 is 5.97 Å². The fourth-order valence-electron chi connectivity index (χ4n) is 2.34. The number of hydrogen-bond donors (Lipinski definition) is 1. The van der Waals surface area contributed by atoms with Gasteiger partial charge in [-0.05, 0) is 24.3 Å². The van der Waals surface area contributed by atoms with Gasteiger partial charge in [0.1, 0.15) is 5.75 Å². The summed E-state index contributed by atoms with van der Waals surface area (Å²) in [4.78, 5) is 11.3. The number of carbonyl (C=O) groups is 1. The topological polar surface area (TPSA) is 46.5 Å². The summed E-state index contributed by atoms with van der Waals surface area (Å²) in [6.45, 7) is 4.81. The molecule has 1 heterocycles. The molecule has 0 saturated heterocycles. The van der Waals surface area contributed by atoms with Crippen LogP contribution in [-0.4, -0.2) is 17.7 Å². The number of fused-ring (bicyclic) bond motifs is 1. The molecular weight excluding hydrogens is 216 g/mol. The first-order chi connectivity index (χ1) is 8.11. The van der Waals surface area contributed by atoms with Crippen molar-refractivity contribution in [1.29, 1.82) is 0 Å². The van der Waals surface area contributed by atoms with Crippen LogP contribution in [0.4, 0.5) is 0 Å². The minimum atomic E-state index is -0.752. The van der Waals surface area contributed by atoms with Gasteiger partial charge in [-0.2, -0.15) is 0 Å². The molecule has 0 saturated carbocycles. The van der Waals surface area contributed by atoms with Crippen molar-refractivity contribution in [3.05, 3.63) is 29.3 Å². The lowest BCUT2D eigenvalue weighted by Crippen LogP contribution is -2.11. The molecule has 1 aromatic carbocycles. The molecule has 3 heteroatoms. The molecule has 0 radical (unpaired) electrons. The van der Waals surface area contributed by atoms with Crippen LogP contribution < -0.4 is 4.74 Å². The van der Waals surface area contributed by atoms with Gasteiger partial charge in [0.05, 0.1) is 12.5 Å². The van der Waals surface area contributed by atoms with Crippen LogP contribution in [0.15, 0.2) is 18.2 Å². The smallest absolute Gasteiger partial charge is 0.311 e. The summed E-state index contributed by atoms with van der Waals surface area (Å²) in [6.07, 6.45) is 1.45. The first-order valence-electron chi connectivity index (χ1n) is 6.09. The zero-order valence-corrected chi connectivity index (χ0v) is 10.3. The van der Waals surface area contributed by atoms with E-state index in [0.717, 1.165) is 23.3 Å². The first-order valence-corrected chi connectivity index (χ1v) is 6.09. The van der Waals surface area contributed by atoms with Crippen LogP contribution in [0.1, 0.15) is 49.7 Å². The Morgan fingerprint density at radius 2 is 2.24 bits per heavy atom. The second-order valence-electron chi connectivity index (χ2n) is 4.80. The summed E-state index contributed by atoms with van der Waals surface area (Å²) < 4.78 is 5.76. The third-order valence-corrected chi connectivity index (χ3v) is 3.26. The van der Waals surface area contributed by atoms with Crippen molar-refractivity contribution in [3.63, 3.8) is 0 Å². The number of para-hydroxylation sites is 1. The zero-order chi connectivity index (χ0) is 12.4. The van der Waals surface area contributed by atoms with Crippen LogP contribution >= 0.6 is 0 Å². The van der Waals surface area contributed by atoms with E-state index in [4.69, 9.17) is 4.74 Å². The third-order valence-electron chi connectivity index (χ3n) is 3.26. The number of benzene rings is 1. The van der Waals surface area contributed by atoms with Gasteiger partial charge in [-0.25, -0.2) is 0 Å². The van der Waals surface area contributed by atoms with Crippen molar-refractivity contribution in [2.24, 2.45) is 0 Å². The van der Waals surface area contributed by atoms with Gasteiger partial charge in [0.2, 0.25) is 0 Å². The van der Waals surface area contributed by atoms with E-state index in [9.17, 15) is 9.90 Å². The molecular formula is C14H18O3. The normalized spacial score (nSPS) is 19.4. The highest BCUT2D eigenvalue weighted by Gasteiger charge is 2.27. The van der Waals surface area contributed by atoms with E-state index in [0.29, 0.717) is 18.9 Å². The molecule has 1 aliphatic heterocycles. The molecule has 0 amide bonds. The van der Waals surface area contributed by atoms with Crippen molar-refractivity contribution in [2.45, 2.75) is 38.5 Å². The summed E-state index contributed by atoms with van der Waals surface area (Å²) in [6, 6.07) is 5.83. The molecule has 1 unspecified atom stereocenters. The lowest BCUT2D eigenvalue weighted by atomic mass is 9.90. The van der Waals surface area contributed by atoms with Crippen LogP contribution in [0.2, 0.25) is 0 Å². The summed E-state index contributed by atoms with van der Waals surface area (Å²) in [5, 5.41) is 9.28. The second-order valence-corrected chi connectivity index (χ2v) is 4.80. The predicted octanol–water partition coefficient (Wildman–Crippen LogP) is 3.15. The summed E-state index contributed by atoms with van der Waals surface area (Å²) in [7, 11) is 0. The maximum atomic E-state index is 11.3. The van der Waals surface area contributed by atoms with E-state index in [1.165, 1.54) is 0 Å². The van der Waals surface area contributed by atoms with E-state index >= 15 is 0 Å². The minimum Gasteiger partial charge on any atom is -0.493 e. The lowest BCUT2D eigenvalue weighted by Gasteiger charge is -2.17. The number of carboxylic acids is 1. The zero-order valence-electron chi connectivity index (χ0n) is 10.3. The van der Waals surface area contributed by atoms with Crippen molar-refractivity contribution in [3.8, 4) is 5.75 Å². The minimum absolute atomic E-state index is 0.345.